The third-order valence-electron chi connectivity index (χ3n) is 5.00. The number of hydrogen-bond donors (Lipinski definition) is 1. The highest BCUT2D eigenvalue weighted by molar-refractivity contribution is 5.16. The van der Waals surface area contributed by atoms with Crippen molar-refractivity contribution in [2.75, 3.05) is 20.3 Å². The van der Waals surface area contributed by atoms with Gasteiger partial charge in [0.25, 0.3) is 0 Å². The van der Waals surface area contributed by atoms with E-state index in [1.54, 1.807) is 6.20 Å². The van der Waals surface area contributed by atoms with Crippen molar-refractivity contribution in [2.45, 2.75) is 31.6 Å². The van der Waals surface area contributed by atoms with Crippen molar-refractivity contribution >= 4 is 0 Å². The summed E-state index contributed by atoms with van der Waals surface area (Å²) < 4.78 is 11.1. The third-order valence-corrected chi connectivity index (χ3v) is 5.00. The Balaban J connectivity index is 1.32. The van der Waals surface area contributed by atoms with Gasteiger partial charge in [0, 0.05) is 38.0 Å². The van der Waals surface area contributed by atoms with Crippen LogP contribution in [0.1, 0.15) is 22.6 Å². The number of aromatic nitrogens is 2. The lowest BCUT2D eigenvalue weighted by atomic mass is 9.91. The Bertz CT molecular complexity index is 863. The van der Waals surface area contributed by atoms with Gasteiger partial charge in [-0.3, -0.25) is 9.88 Å². The van der Waals surface area contributed by atoms with Crippen LogP contribution < -0.4 is 5.32 Å². The SMILES string of the molecule is CN(Cc1ccccc1)Cc1cc(CC2(NCc3cccnc3)COC2)no1. The average molecular weight is 378 g/mol. The van der Waals surface area contributed by atoms with Crippen molar-refractivity contribution in [1.82, 2.24) is 20.4 Å². The van der Waals surface area contributed by atoms with Crippen LogP contribution >= 0.6 is 0 Å². The Hall–Kier alpha value is -2.54. The van der Waals surface area contributed by atoms with Gasteiger partial charge in [0.1, 0.15) is 0 Å². The van der Waals surface area contributed by atoms with Crippen molar-refractivity contribution in [3.8, 4) is 0 Å². The second-order valence-electron chi connectivity index (χ2n) is 7.61. The van der Waals surface area contributed by atoms with Gasteiger partial charge in [0.05, 0.1) is 31.0 Å². The van der Waals surface area contributed by atoms with E-state index < -0.39 is 0 Å². The minimum absolute atomic E-state index is 0.0834. The Kier molecular flexibility index (Phi) is 5.81. The first-order valence-corrected chi connectivity index (χ1v) is 9.59. The minimum atomic E-state index is -0.0834. The summed E-state index contributed by atoms with van der Waals surface area (Å²) in [5, 5.41) is 7.91. The third kappa shape index (κ3) is 4.84. The lowest BCUT2D eigenvalue weighted by Crippen LogP contribution is -2.61. The molecule has 0 bridgehead atoms. The number of rotatable bonds is 9. The van der Waals surface area contributed by atoms with E-state index in [-0.39, 0.29) is 5.54 Å². The van der Waals surface area contributed by atoms with Gasteiger partial charge in [0.2, 0.25) is 0 Å². The van der Waals surface area contributed by atoms with Crippen LogP contribution in [0.5, 0.6) is 0 Å². The monoisotopic (exact) mass is 378 g/mol. The fourth-order valence-corrected chi connectivity index (χ4v) is 3.48. The van der Waals surface area contributed by atoms with Crippen LogP contribution in [0.4, 0.5) is 0 Å². The van der Waals surface area contributed by atoms with Gasteiger partial charge in [-0.05, 0) is 24.2 Å². The maximum absolute atomic E-state index is 5.58. The number of ether oxygens (including phenoxy) is 1. The summed E-state index contributed by atoms with van der Waals surface area (Å²) in [6, 6.07) is 16.5. The molecular weight excluding hydrogens is 352 g/mol. The van der Waals surface area contributed by atoms with E-state index in [0.717, 1.165) is 43.1 Å². The van der Waals surface area contributed by atoms with Gasteiger partial charge in [-0.15, -0.1) is 0 Å². The average Bonchev–Trinajstić information content (AvgIpc) is 3.12. The van der Waals surface area contributed by atoms with Crippen LogP contribution in [0, 0.1) is 0 Å². The van der Waals surface area contributed by atoms with Crippen molar-refractivity contribution in [2.24, 2.45) is 0 Å². The zero-order valence-electron chi connectivity index (χ0n) is 16.2. The zero-order valence-corrected chi connectivity index (χ0v) is 16.2. The van der Waals surface area contributed by atoms with Crippen LogP contribution in [-0.4, -0.2) is 40.8 Å². The summed E-state index contributed by atoms with van der Waals surface area (Å²) in [7, 11) is 2.09. The lowest BCUT2D eigenvalue weighted by Gasteiger charge is -2.42. The molecule has 1 saturated heterocycles. The second-order valence-corrected chi connectivity index (χ2v) is 7.61. The number of benzene rings is 1. The summed E-state index contributed by atoms with van der Waals surface area (Å²) in [5.74, 6) is 0.885. The molecule has 4 rings (SSSR count). The van der Waals surface area contributed by atoms with Gasteiger partial charge in [-0.25, -0.2) is 0 Å². The second kappa shape index (κ2) is 8.65. The molecule has 0 atom stereocenters. The normalized spacial score (nSPS) is 15.5. The molecule has 0 amide bonds. The molecule has 0 spiro atoms. The number of nitrogens with one attached hydrogen (secondary N) is 1. The molecule has 0 unspecified atom stereocenters. The van der Waals surface area contributed by atoms with E-state index in [0.29, 0.717) is 13.2 Å². The van der Waals surface area contributed by atoms with Gasteiger partial charge in [-0.1, -0.05) is 41.6 Å². The first-order valence-electron chi connectivity index (χ1n) is 9.59. The fourth-order valence-electron chi connectivity index (χ4n) is 3.48. The molecular formula is C22H26N4O2. The Morgan fingerprint density at radius 2 is 1.89 bits per heavy atom. The van der Waals surface area contributed by atoms with E-state index in [2.05, 4.69) is 63.8 Å². The standard InChI is InChI=1S/C22H26N4O2/c1-26(14-18-6-3-2-4-7-18)15-21-10-20(25-28-21)11-22(16-27-17-22)24-13-19-8-5-9-23-12-19/h2-10,12,24H,11,13-17H2,1H3. The Labute approximate surface area is 165 Å². The highest BCUT2D eigenvalue weighted by atomic mass is 16.5. The summed E-state index contributed by atoms with van der Waals surface area (Å²) in [4.78, 5) is 6.40. The minimum Gasteiger partial charge on any atom is -0.377 e. The van der Waals surface area contributed by atoms with Crippen LogP contribution in [0.25, 0.3) is 0 Å². The van der Waals surface area contributed by atoms with Crippen LogP contribution in [-0.2, 0) is 30.8 Å². The van der Waals surface area contributed by atoms with E-state index in [4.69, 9.17) is 9.26 Å². The molecule has 1 fully saturated rings. The number of hydrogen-bond acceptors (Lipinski definition) is 6. The molecule has 2 aromatic heterocycles. The molecule has 3 aromatic rings. The molecule has 1 aliphatic heterocycles. The van der Waals surface area contributed by atoms with E-state index in [1.807, 2.05) is 18.3 Å². The highest BCUT2D eigenvalue weighted by Gasteiger charge is 2.39. The van der Waals surface area contributed by atoms with E-state index in [9.17, 15) is 0 Å². The molecule has 6 nitrogen and oxygen atoms in total. The number of pyridine rings is 1. The maximum atomic E-state index is 5.58. The molecule has 0 saturated carbocycles. The molecule has 1 aliphatic rings. The van der Waals surface area contributed by atoms with Crippen LogP contribution in [0.3, 0.4) is 0 Å². The maximum Gasteiger partial charge on any atom is 0.150 e. The molecule has 1 N–H and O–H groups in total. The zero-order chi connectivity index (χ0) is 19.2. The quantitative estimate of drug-likeness (QED) is 0.618. The van der Waals surface area contributed by atoms with E-state index >= 15 is 0 Å². The van der Waals surface area contributed by atoms with Gasteiger partial charge < -0.3 is 14.6 Å². The van der Waals surface area contributed by atoms with Crippen molar-refractivity contribution < 1.29 is 9.26 Å². The van der Waals surface area contributed by atoms with Crippen LogP contribution in [0.2, 0.25) is 0 Å². The predicted molar refractivity (Wildman–Crippen MR) is 106 cm³/mol. The summed E-state index contributed by atoms with van der Waals surface area (Å²) in [5.41, 5.74) is 3.33. The molecule has 1 aromatic carbocycles. The molecule has 0 aliphatic carbocycles. The molecule has 28 heavy (non-hydrogen) atoms. The van der Waals surface area contributed by atoms with Crippen molar-refractivity contribution in [3.05, 3.63) is 83.5 Å². The molecule has 0 radical (unpaired) electrons. The first-order chi connectivity index (χ1) is 13.7. The largest absolute Gasteiger partial charge is 0.377 e. The fraction of sp³-hybridized carbons (Fsp3) is 0.364. The topological polar surface area (TPSA) is 63.4 Å². The van der Waals surface area contributed by atoms with Gasteiger partial charge in [-0.2, -0.15) is 0 Å². The molecule has 6 heteroatoms. The molecule has 3 heterocycles. The van der Waals surface area contributed by atoms with Crippen molar-refractivity contribution in [3.63, 3.8) is 0 Å². The summed E-state index contributed by atoms with van der Waals surface area (Å²) >= 11 is 0. The molecule has 146 valence electrons. The van der Waals surface area contributed by atoms with Gasteiger partial charge >= 0.3 is 0 Å². The first kappa shape index (κ1) is 18.8. The predicted octanol–water partition coefficient (Wildman–Crippen LogP) is 2.80. The Morgan fingerprint density at radius 1 is 1.07 bits per heavy atom. The van der Waals surface area contributed by atoms with Crippen LogP contribution in [0.15, 0.2) is 65.4 Å². The Morgan fingerprint density at radius 3 is 2.61 bits per heavy atom. The number of nitrogens with zero attached hydrogens (tertiary/aromatic N) is 3. The summed E-state index contributed by atoms with van der Waals surface area (Å²) in [6.07, 6.45) is 4.47. The van der Waals surface area contributed by atoms with Crippen molar-refractivity contribution in [1.29, 1.82) is 0 Å². The van der Waals surface area contributed by atoms with Gasteiger partial charge in [0.15, 0.2) is 5.76 Å². The smallest absolute Gasteiger partial charge is 0.150 e. The lowest BCUT2D eigenvalue weighted by molar-refractivity contribution is -0.0755. The van der Waals surface area contributed by atoms with E-state index in [1.165, 1.54) is 5.56 Å². The highest BCUT2D eigenvalue weighted by Crippen LogP contribution is 2.23. The summed E-state index contributed by atoms with van der Waals surface area (Å²) in [6.45, 7) is 3.74.